The molecule has 0 aromatic rings. The van der Waals surface area contributed by atoms with Crippen molar-refractivity contribution >= 4 is 11.8 Å². The Hall–Kier alpha value is 0.100. The van der Waals surface area contributed by atoms with Crippen molar-refractivity contribution in [3.63, 3.8) is 0 Å². The van der Waals surface area contributed by atoms with Crippen LogP contribution >= 0.6 is 11.8 Å². The largest absolute Gasteiger partial charge is 0.392 e. The Morgan fingerprint density at radius 1 is 1.33 bits per heavy atom. The van der Waals surface area contributed by atoms with Gasteiger partial charge < -0.3 is 5.11 Å². The maximum atomic E-state index is 11.9. The lowest BCUT2D eigenvalue weighted by Gasteiger charge is -2.26. The highest BCUT2D eigenvalue weighted by molar-refractivity contribution is 8.00. The predicted molar refractivity (Wildman–Crippen MR) is 56.0 cm³/mol. The Balaban J connectivity index is 2.14. The molecule has 1 saturated heterocycles. The quantitative estimate of drug-likeness (QED) is 0.815. The van der Waals surface area contributed by atoms with Gasteiger partial charge in [-0.1, -0.05) is 6.42 Å². The number of hydrogen-bond acceptors (Lipinski definition) is 2. The smallest absolute Gasteiger partial charge is 0.389 e. The number of aliphatic hydroxyl groups is 1. The minimum Gasteiger partial charge on any atom is -0.392 e. The van der Waals surface area contributed by atoms with Crippen molar-refractivity contribution in [3.8, 4) is 0 Å². The van der Waals surface area contributed by atoms with E-state index in [1.165, 1.54) is 0 Å². The molecule has 5 heteroatoms. The normalized spacial score (nSPS) is 25.2. The molecule has 0 spiro atoms. The molecule has 0 amide bonds. The van der Waals surface area contributed by atoms with E-state index in [2.05, 4.69) is 0 Å². The molecule has 0 radical (unpaired) electrons. The Morgan fingerprint density at radius 2 is 2.07 bits per heavy atom. The van der Waals surface area contributed by atoms with Crippen LogP contribution in [0, 0.1) is 0 Å². The molecule has 2 atom stereocenters. The lowest BCUT2D eigenvalue weighted by atomic mass is 10.0. The highest BCUT2D eigenvalue weighted by Crippen LogP contribution is 2.30. The van der Waals surface area contributed by atoms with Crippen molar-refractivity contribution in [2.45, 2.75) is 56.1 Å². The molecule has 2 unspecified atom stereocenters. The van der Waals surface area contributed by atoms with E-state index in [4.69, 9.17) is 0 Å². The summed E-state index contributed by atoms with van der Waals surface area (Å²) in [5.74, 6) is 1.03. The molecule has 1 nitrogen and oxygen atoms in total. The van der Waals surface area contributed by atoms with Gasteiger partial charge in [-0.05, 0) is 31.4 Å². The second kappa shape index (κ2) is 5.99. The van der Waals surface area contributed by atoms with E-state index in [1.807, 2.05) is 0 Å². The van der Waals surface area contributed by atoms with Gasteiger partial charge in [0.2, 0.25) is 0 Å². The van der Waals surface area contributed by atoms with Gasteiger partial charge in [0.05, 0.1) is 6.10 Å². The topological polar surface area (TPSA) is 20.2 Å². The van der Waals surface area contributed by atoms with E-state index in [1.54, 1.807) is 11.8 Å². The van der Waals surface area contributed by atoms with Crippen LogP contribution < -0.4 is 0 Å². The molecule has 15 heavy (non-hydrogen) atoms. The summed E-state index contributed by atoms with van der Waals surface area (Å²) in [7, 11) is 0. The van der Waals surface area contributed by atoms with Crippen LogP contribution in [0.15, 0.2) is 0 Å². The molecule has 1 N–H and O–H groups in total. The summed E-state index contributed by atoms with van der Waals surface area (Å²) in [6.45, 7) is 0. The van der Waals surface area contributed by atoms with E-state index in [-0.39, 0.29) is 18.1 Å². The van der Waals surface area contributed by atoms with E-state index >= 15 is 0 Å². The standard InChI is InChI=1S/C10H17F3OS/c11-10(12,13)6-3-4-8(14)9-5-1-2-7-15-9/h8-9,14H,1-7H2. The lowest BCUT2D eigenvalue weighted by molar-refractivity contribution is -0.136. The maximum absolute atomic E-state index is 11.9. The fraction of sp³-hybridized carbons (Fsp3) is 1.00. The van der Waals surface area contributed by atoms with Crippen LogP contribution in [-0.4, -0.2) is 28.4 Å². The fourth-order valence-corrected chi connectivity index (χ4v) is 3.13. The first-order valence-electron chi connectivity index (χ1n) is 5.35. The lowest BCUT2D eigenvalue weighted by Crippen LogP contribution is -2.26. The Bertz CT molecular complexity index is 178. The first kappa shape index (κ1) is 13.2. The van der Waals surface area contributed by atoms with Crippen LogP contribution in [0.5, 0.6) is 0 Å². The molecule has 1 fully saturated rings. The van der Waals surface area contributed by atoms with E-state index in [9.17, 15) is 18.3 Å². The molecule has 0 aromatic carbocycles. The average Bonchev–Trinajstić information content (AvgIpc) is 2.17. The zero-order valence-electron chi connectivity index (χ0n) is 8.59. The van der Waals surface area contributed by atoms with Gasteiger partial charge in [0, 0.05) is 11.7 Å². The summed E-state index contributed by atoms with van der Waals surface area (Å²) in [4.78, 5) is 0. The van der Waals surface area contributed by atoms with Gasteiger partial charge in [-0.3, -0.25) is 0 Å². The summed E-state index contributed by atoms with van der Waals surface area (Å²) >= 11 is 1.70. The van der Waals surface area contributed by atoms with E-state index in [0.717, 1.165) is 25.0 Å². The van der Waals surface area contributed by atoms with Gasteiger partial charge in [0.1, 0.15) is 0 Å². The molecular weight excluding hydrogens is 225 g/mol. The monoisotopic (exact) mass is 242 g/mol. The van der Waals surface area contributed by atoms with Gasteiger partial charge in [-0.2, -0.15) is 24.9 Å². The SMILES string of the molecule is OC(CCCC(F)(F)F)C1CCCCS1. The number of hydrogen-bond donors (Lipinski definition) is 1. The zero-order valence-corrected chi connectivity index (χ0v) is 9.41. The van der Waals surface area contributed by atoms with Gasteiger partial charge in [-0.25, -0.2) is 0 Å². The minimum atomic E-state index is -4.08. The van der Waals surface area contributed by atoms with Gasteiger partial charge >= 0.3 is 6.18 Å². The molecule has 1 heterocycles. The van der Waals surface area contributed by atoms with Crippen LogP contribution in [0.4, 0.5) is 13.2 Å². The third-order valence-corrected chi connectivity index (χ3v) is 4.11. The first-order valence-corrected chi connectivity index (χ1v) is 6.40. The molecular formula is C10H17F3OS. The molecule has 0 saturated carbocycles. The Kier molecular flexibility index (Phi) is 5.26. The summed E-state index contributed by atoms with van der Waals surface area (Å²) in [5.41, 5.74) is 0. The summed E-state index contributed by atoms with van der Waals surface area (Å²) < 4.78 is 35.6. The summed E-state index contributed by atoms with van der Waals surface area (Å²) in [6, 6.07) is 0. The van der Waals surface area contributed by atoms with Crippen molar-refractivity contribution in [2.24, 2.45) is 0 Å². The molecule has 1 aliphatic heterocycles. The highest BCUT2D eigenvalue weighted by atomic mass is 32.2. The van der Waals surface area contributed by atoms with Gasteiger partial charge in [0.15, 0.2) is 0 Å². The number of aliphatic hydroxyl groups excluding tert-OH is 1. The van der Waals surface area contributed by atoms with E-state index in [0.29, 0.717) is 0 Å². The second-order valence-electron chi connectivity index (χ2n) is 3.98. The molecule has 1 rings (SSSR count). The van der Waals surface area contributed by atoms with E-state index < -0.39 is 18.7 Å². The van der Waals surface area contributed by atoms with Crippen molar-refractivity contribution in [2.75, 3.05) is 5.75 Å². The van der Waals surface area contributed by atoms with Crippen molar-refractivity contribution in [3.05, 3.63) is 0 Å². The first-order chi connectivity index (χ1) is 6.99. The Labute approximate surface area is 92.4 Å². The second-order valence-corrected chi connectivity index (χ2v) is 5.33. The fourth-order valence-electron chi connectivity index (χ4n) is 1.77. The van der Waals surface area contributed by atoms with Gasteiger partial charge in [0.25, 0.3) is 0 Å². The molecule has 0 bridgehead atoms. The number of thioether (sulfide) groups is 1. The third-order valence-electron chi connectivity index (χ3n) is 2.60. The third kappa shape index (κ3) is 5.66. The minimum absolute atomic E-state index is 0.0434. The van der Waals surface area contributed by atoms with Crippen LogP contribution in [0.1, 0.15) is 38.5 Å². The van der Waals surface area contributed by atoms with Crippen LogP contribution in [0.25, 0.3) is 0 Å². The van der Waals surface area contributed by atoms with Crippen molar-refractivity contribution in [1.29, 1.82) is 0 Å². The van der Waals surface area contributed by atoms with Crippen LogP contribution in [-0.2, 0) is 0 Å². The molecule has 0 aromatic heterocycles. The predicted octanol–water partition coefficient (Wildman–Crippen LogP) is 3.37. The van der Waals surface area contributed by atoms with Crippen LogP contribution in [0.3, 0.4) is 0 Å². The number of rotatable bonds is 4. The molecule has 1 aliphatic rings. The average molecular weight is 242 g/mol. The van der Waals surface area contributed by atoms with Gasteiger partial charge in [-0.15, -0.1) is 0 Å². The summed E-state index contributed by atoms with van der Waals surface area (Å²) in [5, 5.41) is 9.84. The van der Waals surface area contributed by atoms with Crippen LogP contribution in [0.2, 0.25) is 0 Å². The van der Waals surface area contributed by atoms with Crippen molar-refractivity contribution in [1.82, 2.24) is 0 Å². The van der Waals surface area contributed by atoms with Crippen molar-refractivity contribution < 1.29 is 18.3 Å². The molecule has 90 valence electrons. The summed E-state index contributed by atoms with van der Waals surface area (Å²) in [6.07, 6.45) is -1.90. The zero-order chi connectivity index (χ0) is 11.3. The molecule has 0 aliphatic carbocycles. The Morgan fingerprint density at radius 3 is 2.60 bits per heavy atom. The number of alkyl halides is 3. The maximum Gasteiger partial charge on any atom is 0.389 e. The highest BCUT2D eigenvalue weighted by Gasteiger charge is 2.28. The number of halogens is 3.